The summed E-state index contributed by atoms with van der Waals surface area (Å²) in [6.45, 7) is 7.26. The van der Waals surface area contributed by atoms with Crippen molar-refractivity contribution in [2.45, 2.75) is 32.8 Å². The van der Waals surface area contributed by atoms with Gasteiger partial charge in [-0.05, 0) is 24.9 Å². The second-order valence-electron chi connectivity index (χ2n) is 4.89. The summed E-state index contributed by atoms with van der Waals surface area (Å²) in [4.78, 5) is 0. The Bertz CT molecular complexity index is 354. The van der Waals surface area contributed by atoms with Gasteiger partial charge in [0.25, 0.3) is 0 Å². The maximum Gasteiger partial charge on any atom is 0.129 e. The molecule has 96 valence electrons. The average Bonchev–Trinajstić information content (AvgIpc) is 2.29. The zero-order valence-electron chi connectivity index (χ0n) is 10.8. The first kappa shape index (κ1) is 14.1. The lowest BCUT2D eigenvalue weighted by atomic mass is 9.90. The van der Waals surface area contributed by atoms with Crippen LogP contribution in [0.15, 0.2) is 24.3 Å². The topological polar surface area (TPSA) is 32.3 Å². The highest BCUT2D eigenvalue weighted by Gasteiger charge is 2.29. The molecule has 0 aromatic heterocycles. The van der Waals surface area contributed by atoms with Gasteiger partial charge in [0.1, 0.15) is 11.4 Å². The van der Waals surface area contributed by atoms with Gasteiger partial charge in [0.2, 0.25) is 0 Å². The second kappa shape index (κ2) is 6.12. The standard InChI is InChI=1S/C14H22FNO/c1-4-14(17,10-16-9-11(2)3)12-7-5-6-8-13(12)15/h5-8,11,16-17H,4,9-10H2,1-3H3. The number of benzene rings is 1. The van der Waals surface area contributed by atoms with Gasteiger partial charge in [-0.25, -0.2) is 4.39 Å². The molecule has 1 atom stereocenters. The zero-order valence-corrected chi connectivity index (χ0v) is 10.8. The fraction of sp³-hybridized carbons (Fsp3) is 0.571. The predicted molar refractivity (Wildman–Crippen MR) is 68.3 cm³/mol. The number of aliphatic hydroxyl groups is 1. The van der Waals surface area contributed by atoms with E-state index < -0.39 is 5.60 Å². The van der Waals surface area contributed by atoms with Gasteiger partial charge >= 0.3 is 0 Å². The van der Waals surface area contributed by atoms with Gasteiger partial charge < -0.3 is 10.4 Å². The Hall–Kier alpha value is -0.930. The van der Waals surface area contributed by atoms with Crippen molar-refractivity contribution in [3.8, 4) is 0 Å². The van der Waals surface area contributed by atoms with Gasteiger partial charge in [-0.15, -0.1) is 0 Å². The molecule has 0 radical (unpaired) electrons. The van der Waals surface area contributed by atoms with Gasteiger partial charge in [0, 0.05) is 12.1 Å². The highest BCUT2D eigenvalue weighted by atomic mass is 19.1. The summed E-state index contributed by atoms with van der Waals surface area (Å²) in [6, 6.07) is 6.42. The van der Waals surface area contributed by atoms with Crippen LogP contribution in [0.4, 0.5) is 4.39 Å². The van der Waals surface area contributed by atoms with Crippen molar-refractivity contribution in [2.75, 3.05) is 13.1 Å². The average molecular weight is 239 g/mol. The third-order valence-corrected chi connectivity index (χ3v) is 2.93. The monoisotopic (exact) mass is 239 g/mol. The van der Waals surface area contributed by atoms with Crippen molar-refractivity contribution in [2.24, 2.45) is 5.92 Å². The molecule has 3 heteroatoms. The van der Waals surface area contributed by atoms with Gasteiger partial charge in [0.15, 0.2) is 0 Å². The van der Waals surface area contributed by atoms with Crippen LogP contribution < -0.4 is 5.32 Å². The lowest BCUT2D eigenvalue weighted by Gasteiger charge is -2.28. The second-order valence-corrected chi connectivity index (χ2v) is 4.89. The van der Waals surface area contributed by atoms with Gasteiger partial charge in [-0.3, -0.25) is 0 Å². The summed E-state index contributed by atoms with van der Waals surface area (Å²) in [6.07, 6.45) is 0.485. The minimum Gasteiger partial charge on any atom is -0.384 e. The largest absolute Gasteiger partial charge is 0.384 e. The van der Waals surface area contributed by atoms with E-state index >= 15 is 0 Å². The van der Waals surface area contributed by atoms with E-state index in [-0.39, 0.29) is 5.82 Å². The van der Waals surface area contributed by atoms with Gasteiger partial charge in [-0.1, -0.05) is 39.0 Å². The summed E-state index contributed by atoms with van der Waals surface area (Å²) in [7, 11) is 0. The Morgan fingerprint density at radius 2 is 2.00 bits per heavy atom. The molecule has 0 spiro atoms. The molecule has 0 bridgehead atoms. The Morgan fingerprint density at radius 1 is 1.35 bits per heavy atom. The molecule has 0 aliphatic carbocycles. The first-order valence-electron chi connectivity index (χ1n) is 6.17. The third-order valence-electron chi connectivity index (χ3n) is 2.93. The molecule has 1 unspecified atom stereocenters. The van der Waals surface area contributed by atoms with E-state index in [1.165, 1.54) is 6.07 Å². The van der Waals surface area contributed by atoms with Crippen LogP contribution >= 0.6 is 0 Å². The van der Waals surface area contributed by atoms with E-state index in [4.69, 9.17) is 0 Å². The van der Waals surface area contributed by atoms with Crippen LogP contribution in [-0.4, -0.2) is 18.2 Å². The molecule has 0 aliphatic heterocycles. The Balaban J connectivity index is 2.78. The summed E-state index contributed by atoms with van der Waals surface area (Å²) in [5.74, 6) is 0.167. The molecule has 0 amide bonds. The number of rotatable bonds is 6. The maximum absolute atomic E-state index is 13.7. The van der Waals surface area contributed by atoms with Crippen LogP contribution in [0.3, 0.4) is 0 Å². The smallest absolute Gasteiger partial charge is 0.129 e. The van der Waals surface area contributed by atoms with E-state index in [0.29, 0.717) is 24.4 Å². The van der Waals surface area contributed by atoms with E-state index in [9.17, 15) is 9.50 Å². The summed E-state index contributed by atoms with van der Waals surface area (Å²) < 4.78 is 13.7. The SMILES string of the molecule is CCC(O)(CNCC(C)C)c1ccccc1F. The Kier molecular flexibility index (Phi) is 5.09. The molecular weight excluding hydrogens is 217 g/mol. The van der Waals surface area contributed by atoms with Crippen molar-refractivity contribution in [3.05, 3.63) is 35.6 Å². The van der Waals surface area contributed by atoms with Crippen molar-refractivity contribution in [1.82, 2.24) is 5.32 Å². The van der Waals surface area contributed by atoms with Crippen molar-refractivity contribution >= 4 is 0 Å². The summed E-state index contributed by atoms with van der Waals surface area (Å²) in [5, 5.41) is 13.7. The normalized spacial score (nSPS) is 14.9. The van der Waals surface area contributed by atoms with E-state index in [2.05, 4.69) is 19.2 Å². The van der Waals surface area contributed by atoms with E-state index in [0.717, 1.165) is 6.54 Å². The van der Waals surface area contributed by atoms with Gasteiger partial charge in [0.05, 0.1) is 0 Å². The first-order chi connectivity index (χ1) is 7.99. The molecular formula is C14H22FNO. The van der Waals surface area contributed by atoms with Crippen LogP contribution in [0, 0.1) is 11.7 Å². The zero-order chi connectivity index (χ0) is 12.9. The Labute approximate surface area is 103 Å². The van der Waals surface area contributed by atoms with E-state index in [1.807, 2.05) is 6.92 Å². The Morgan fingerprint density at radius 3 is 2.53 bits per heavy atom. The molecule has 1 aromatic rings. The van der Waals surface area contributed by atoms with Crippen molar-refractivity contribution < 1.29 is 9.50 Å². The van der Waals surface area contributed by atoms with Crippen LogP contribution in [0.25, 0.3) is 0 Å². The molecule has 0 fully saturated rings. The molecule has 0 aliphatic rings. The van der Waals surface area contributed by atoms with Crippen LogP contribution in [-0.2, 0) is 5.60 Å². The van der Waals surface area contributed by atoms with E-state index in [1.54, 1.807) is 18.2 Å². The van der Waals surface area contributed by atoms with Crippen molar-refractivity contribution in [3.63, 3.8) is 0 Å². The maximum atomic E-state index is 13.7. The molecule has 1 rings (SSSR count). The third kappa shape index (κ3) is 3.79. The summed E-state index contributed by atoms with van der Waals surface area (Å²) in [5.41, 5.74) is -0.751. The van der Waals surface area contributed by atoms with Crippen LogP contribution in [0.2, 0.25) is 0 Å². The number of hydrogen-bond acceptors (Lipinski definition) is 2. The molecule has 2 N–H and O–H groups in total. The number of hydrogen-bond donors (Lipinski definition) is 2. The molecule has 0 saturated heterocycles. The molecule has 0 saturated carbocycles. The lowest BCUT2D eigenvalue weighted by molar-refractivity contribution is 0.0287. The minimum absolute atomic E-state index is 0.344. The fourth-order valence-electron chi connectivity index (χ4n) is 1.82. The number of halogens is 1. The van der Waals surface area contributed by atoms with Gasteiger partial charge in [-0.2, -0.15) is 0 Å². The summed E-state index contributed by atoms with van der Waals surface area (Å²) >= 11 is 0. The van der Waals surface area contributed by atoms with Crippen LogP contribution in [0.5, 0.6) is 0 Å². The molecule has 17 heavy (non-hydrogen) atoms. The molecule has 1 aromatic carbocycles. The highest BCUT2D eigenvalue weighted by Crippen LogP contribution is 2.26. The number of nitrogens with one attached hydrogen (secondary N) is 1. The minimum atomic E-state index is -1.12. The predicted octanol–water partition coefficient (Wildman–Crippen LogP) is 2.67. The molecule has 2 nitrogen and oxygen atoms in total. The van der Waals surface area contributed by atoms with Crippen molar-refractivity contribution in [1.29, 1.82) is 0 Å². The van der Waals surface area contributed by atoms with Crippen LogP contribution in [0.1, 0.15) is 32.8 Å². The lowest BCUT2D eigenvalue weighted by Crippen LogP contribution is -2.39. The highest BCUT2D eigenvalue weighted by molar-refractivity contribution is 5.24. The quantitative estimate of drug-likeness (QED) is 0.800. The molecule has 0 heterocycles. The first-order valence-corrected chi connectivity index (χ1v) is 6.17. The fourth-order valence-corrected chi connectivity index (χ4v) is 1.82.